The van der Waals surface area contributed by atoms with E-state index in [9.17, 15) is 9.59 Å². The van der Waals surface area contributed by atoms with Gasteiger partial charge in [0.15, 0.2) is 25.7 Å². The summed E-state index contributed by atoms with van der Waals surface area (Å²) in [4.78, 5) is 37.3. The molecule has 2 aromatic heterocycles. The number of hydrogen-bond acceptors (Lipinski definition) is 10. The lowest BCUT2D eigenvalue weighted by Crippen LogP contribution is -2.52. The van der Waals surface area contributed by atoms with Crippen molar-refractivity contribution in [1.82, 2.24) is 24.8 Å². The van der Waals surface area contributed by atoms with Gasteiger partial charge in [0, 0.05) is 12.5 Å². The predicted octanol–water partition coefficient (Wildman–Crippen LogP) is 5.20. The molecule has 2 fully saturated rings. The number of imidazole rings is 1. The molecule has 5 aromatic rings. The molecule has 3 N–H and O–H groups in total. The second-order valence-corrected chi connectivity index (χ2v) is 19.3. The number of benzene rings is 3. The summed E-state index contributed by atoms with van der Waals surface area (Å²) in [6.07, 6.45) is 0.477. The van der Waals surface area contributed by atoms with E-state index < -0.39 is 37.4 Å². The number of amides is 1. The first kappa shape index (κ1) is 36.5. The Morgan fingerprint density at radius 1 is 0.981 bits per heavy atom. The van der Waals surface area contributed by atoms with Crippen LogP contribution in [0.5, 0.6) is 11.5 Å². The summed E-state index contributed by atoms with van der Waals surface area (Å²) in [6.45, 7) is 10.6. The van der Waals surface area contributed by atoms with Gasteiger partial charge in [-0.1, -0.05) is 68.4 Å². The number of carbonyl (C=O) groups is 1. The zero-order chi connectivity index (χ0) is 37.5. The molecule has 0 unspecified atom stereocenters. The van der Waals surface area contributed by atoms with Crippen LogP contribution in [0.2, 0.25) is 19.6 Å². The maximum atomic E-state index is 13.1. The summed E-state index contributed by atoms with van der Waals surface area (Å²) in [5, 5.41) is 6.36. The number of carbonyl (C=O) groups excluding carboxylic acids is 1. The number of morpholine rings is 1. The number of fused-ring (bicyclic) bond motifs is 3. The van der Waals surface area contributed by atoms with Gasteiger partial charge in [-0.3, -0.25) is 24.5 Å². The Bertz CT molecular complexity index is 2090. The molecule has 1 amide bonds. The Morgan fingerprint density at radius 2 is 1.58 bits per heavy atom. The number of aromatic nitrogens is 4. The van der Waals surface area contributed by atoms with Gasteiger partial charge in [0.05, 0.1) is 39.3 Å². The summed E-state index contributed by atoms with van der Waals surface area (Å²) in [7, 11) is 1.13. The maximum Gasteiger partial charge on any atom is 0.280 e. The molecule has 2 bridgehead atoms. The van der Waals surface area contributed by atoms with E-state index in [0.717, 1.165) is 28.2 Å². The largest absolute Gasteiger partial charge is 0.497 e. The number of H-pyrrole nitrogens is 1. The Labute approximate surface area is 309 Å². The van der Waals surface area contributed by atoms with Gasteiger partial charge in [-0.15, -0.1) is 0 Å². The SMILES string of the molecule is COc1ccc(C(OC[C@@]23CN[C@@H]([C@H](n4cnc5c(=O)[nH]c(NC(=O)C(C)C)nc54)O2)[C@@H]3O[Si](C)(C)C)(c2ccccc2)c2ccc(OC)cc2)cc1. The normalized spacial score (nSPS) is 21.3. The van der Waals surface area contributed by atoms with Crippen LogP contribution in [0.15, 0.2) is 90.0 Å². The minimum atomic E-state index is -2.16. The van der Waals surface area contributed by atoms with Crippen LogP contribution in [-0.2, 0) is 24.3 Å². The summed E-state index contributed by atoms with van der Waals surface area (Å²) < 4.78 is 34.2. The first-order chi connectivity index (χ1) is 25.4. The van der Waals surface area contributed by atoms with Crippen LogP contribution in [-0.4, -0.2) is 78.9 Å². The fourth-order valence-electron chi connectivity index (χ4n) is 7.19. The zero-order valence-electron chi connectivity index (χ0n) is 31.0. The number of hydrogen-bond donors (Lipinski definition) is 3. The smallest absolute Gasteiger partial charge is 0.280 e. The lowest BCUT2D eigenvalue weighted by Gasteiger charge is -2.41. The standard InChI is InChI=1S/C39H46N6O7Si/c1-24(2)34(46)43-37-42-33-31(35(47)44-37)41-23-45(33)36-30-32(52-53(5,6)7)38(51-36,21-40-30)22-50-39(25-11-9-8-10-12-25,26-13-17-28(48-3)18-14-26)27-15-19-29(49-4)20-16-27/h8-20,23-24,30,32,36,40H,21-22H2,1-7H3,(H2,42,43,44,46,47)/t30-,32+,36-,38-/m1/s1. The predicted molar refractivity (Wildman–Crippen MR) is 203 cm³/mol. The number of nitrogens with one attached hydrogen (secondary N) is 3. The monoisotopic (exact) mass is 738 g/mol. The van der Waals surface area contributed by atoms with Crippen LogP contribution in [0.3, 0.4) is 0 Å². The number of anilines is 1. The second-order valence-electron chi connectivity index (χ2n) is 14.8. The van der Waals surface area contributed by atoms with Crippen LogP contribution in [0.1, 0.15) is 36.8 Å². The first-order valence-corrected chi connectivity index (χ1v) is 21.1. The Morgan fingerprint density at radius 3 is 2.15 bits per heavy atom. The fourth-order valence-corrected chi connectivity index (χ4v) is 8.32. The minimum Gasteiger partial charge on any atom is -0.497 e. The van der Waals surface area contributed by atoms with Gasteiger partial charge >= 0.3 is 0 Å². The van der Waals surface area contributed by atoms with E-state index >= 15 is 0 Å². The van der Waals surface area contributed by atoms with E-state index in [0.29, 0.717) is 6.54 Å². The van der Waals surface area contributed by atoms with Gasteiger partial charge in [0.2, 0.25) is 11.9 Å². The molecule has 0 spiro atoms. The molecule has 2 saturated heterocycles. The molecule has 0 radical (unpaired) electrons. The Hall–Kier alpha value is -4.86. The first-order valence-electron chi connectivity index (χ1n) is 17.7. The van der Waals surface area contributed by atoms with Gasteiger partial charge in [-0.05, 0) is 60.6 Å². The van der Waals surface area contributed by atoms with Crippen LogP contribution < -0.4 is 25.7 Å². The van der Waals surface area contributed by atoms with Crippen molar-refractivity contribution >= 4 is 31.3 Å². The molecular formula is C39H46N6O7Si. The van der Waals surface area contributed by atoms with E-state index in [4.69, 9.17) is 23.4 Å². The van der Waals surface area contributed by atoms with Crippen LogP contribution in [0.25, 0.3) is 11.2 Å². The highest BCUT2D eigenvalue weighted by Gasteiger charge is 2.63. The second kappa shape index (κ2) is 14.2. The van der Waals surface area contributed by atoms with Crippen molar-refractivity contribution in [3.8, 4) is 11.5 Å². The zero-order valence-corrected chi connectivity index (χ0v) is 32.0. The third kappa shape index (κ3) is 6.77. The van der Waals surface area contributed by atoms with Gasteiger partial charge < -0.3 is 28.7 Å². The number of methoxy groups -OCH3 is 2. The van der Waals surface area contributed by atoms with Crippen molar-refractivity contribution in [2.24, 2.45) is 5.92 Å². The summed E-state index contributed by atoms with van der Waals surface area (Å²) in [5.41, 5.74) is 0.615. The molecule has 3 aromatic carbocycles. The topological polar surface area (TPSA) is 151 Å². The van der Waals surface area contributed by atoms with Gasteiger partial charge in [0.1, 0.15) is 22.7 Å². The maximum absolute atomic E-state index is 13.1. The van der Waals surface area contributed by atoms with Crippen molar-refractivity contribution in [2.75, 3.05) is 32.7 Å². The van der Waals surface area contributed by atoms with E-state index in [1.54, 1.807) is 39.0 Å². The van der Waals surface area contributed by atoms with E-state index in [2.05, 4.69) is 57.4 Å². The molecule has 7 rings (SSSR count). The molecule has 4 heterocycles. The molecule has 2 aliphatic heterocycles. The highest BCUT2D eigenvalue weighted by Crippen LogP contribution is 2.48. The summed E-state index contributed by atoms with van der Waals surface area (Å²) in [6, 6.07) is 25.6. The third-order valence-electron chi connectivity index (χ3n) is 9.80. The Kier molecular flexibility index (Phi) is 9.76. The lowest BCUT2D eigenvalue weighted by atomic mass is 9.79. The fraction of sp³-hybridized carbons (Fsp3) is 0.385. The highest BCUT2D eigenvalue weighted by atomic mass is 28.4. The van der Waals surface area contributed by atoms with Crippen LogP contribution in [0, 0.1) is 5.92 Å². The molecule has 0 aliphatic carbocycles. The molecule has 0 saturated carbocycles. The average molecular weight is 739 g/mol. The molecule has 278 valence electrons. The Balaban J connectivity index is 1.32. The summed E-state index contributed by atoms with van der Waals surface area (Å²) >= 11 is 0. The van der Waals surface area contributed by atoms with Crippen molar-refractivity contribution in [3.05, 3.63) is 112 Å². The average Bonchev–Trinajstić information content (AvgIpc) is 3.81. The molecule has 2 aliphatic rings. The van der Waals surface area contributed by atoms with E-state index in [1.807, 2.05) is 66.7 Å². The molecule has 53 heavy (non-hydrogen) atoms. The number of nitrogens with zero attached hydrogens (tertiary/aromatic N) is 3. The summed E-state index contributed by atoms with van der Waals surface area (Å²) in [5.74, 6) is 0.913. The van der Waals surface area contributed by atoms with Crippen molar-refractivity contribution in [3.63, 3.8) is 0 Å². The van der Waals surface area contributed by atoms with Crippen molar-refractivity contribution < 1.29 is 28.2 Å². The lowest BCUT2D eigenvalue weighted by molar-refractivity contribution is -0.159. The quantitative estimate of drug-likeness (QED) is 0.109. The van der Waals surface area contributed by atoms with Crippen LogP contribution in [0.4, 0.5) is 5.95 Å². The highest BCUT2D eigenvalue weighted by molar-refractivity contribution is 6.69. The number of ether oxygens (including phenoxy) is 4. The van der Waals surface area contributed by atoms with Crippen LogP contribution >= 0.6 is 0 Å². The minimum absolute atomic E-state index is 0.0404. The van der Waals surface area contributed by atoms with Crippen molar-refractivity contribution in [2.45, 2.75) is 63.1 Å². The number of rotatable bonds is 13. The van der Waals surface area contributed by atoms with E-state index in [-0.39, 0.29) is 41.6 Å². The molecule has 13 nitrogen and oxygen atoms in total. The molecule has 4 atom stereocenters. The molecular weight excluding hydrogens is 693 g/mol. The molecule has 14 heteroatoms. The number of aromatic amines is 1. The van der Waals surface area contributed by atoms with Gasteiger partial charge in [-0.2, -0.15) is 4.98 Å². The van der Waals surface area contributed by atoms with Gasteiger partial charge in [-0.25, -0.2) is 4.98 Å². The van der Waals surface area contributed by atoms with Gasteiger partial charge in [0.25, 0.3) is 5.56 Å². The van der Waals surface area contributed by atoms with E-state index in [1.165, 1.54) is 0 Å². The third-order valence-corrected chi connectivity index (χ3v) is 10.8. The van der Waals surface area contributed by atoms with Crippen molar-refractivity contribution in [1.29, 1.82) is 0 Å².